The molecular weight excluding hydrogens is 174 g/mol. The molecule has 3 nitrogen and oxygen atoms in total. The molecule has 0 saturated carbocycles. The lowest BCUT2D eigenvalue weighted by atomic mass is 10.0. The molecule has 1 aliphatic rings. The van der Waals surface area contributed by atoms with Crippen molar-refractivity contribution in [3.63, 3.8) is 0 Å². The summed E-state index contributed by atoms with van der Waals surface area (Å²) in [5.41, 5.74) is 12.3. The molecular formula is C11H13N3. The van der Waals surface area contributed by atoms with E-state index in [-0.39, 0.29) is 6.04 Å². The Morgan fingerprint density at radius 3 is 3.00 bits per heavy atom. The minimum absolute atomic E-state index is 0.0369. The predicted molar refractivity (Wildman–Crippen MR) is 55.9 cm³/mol. The fraction of sp³-hybridized carbons (Fsp3) is 0.455. The lowest BCUT2D eigenvalue weighted by Gasteiger charge is -2.09. The number of aryl methyl sites for hydroxylation is 1. The molecule has 1 aromatic rings. The highest BCUT2D eigenvalue weighted by molar-refractivity contribution is 5.38. The molecule has 0 radical (unpaired) electrons. The molecule has 1 aliphatic carbocycles. The highest BCUT2D eigenvalue weighted by atomic mass is 15.2. The van der Waals surface area contributed by atoms with E-state index < -0.39 is 0 Å². The molecule has 0 aromatic heterocycles. The predicted octanol–water partition coefficient (Wildman–Crippen LogP) is 3.54. The fourth-order valence-electron chi connectivity index (χ4n) is 2.17. The number of benzene rings is 1. The van der Waals surface area contributed by atoms with E-state index in [4.69, 9.17) is 5.53 Å². The Kier molecular flexibility index (Phi) is 2.18. The van der Waals surface area contributed by atoms with Crippen LogP contribution in [0.25, 0.3) is 10.4 Å². The van der Waals surface area contributed by atoms with Crippen molar-refractivity contribution in [2.75, 3.05) is 0 Å². The summed E-state index contributed by atoms with van der Waals surface area (Å²) >= 11 is 0. The fourth-order valence-corrected chi connectivity index (χ4v) is 2.17. The number of nitrogens with zero attached hydrogens (tertiary/aromatic N) is 3. The summed E-state index contributed by atoms with van der Waals surface area (Å²) in [5.74, 6) is 0.433. The van der Waals surface area contributed by atoms with Gasteiger partial charge in [0, 0.05) is 4.91 Å². The van der Waals surface area contributed by atoms with Gasteiger partial charge >= 0.3 is 0 Å². The largest absolute Gasteiger partial charge is 0.0856 e. The Morgan fingerprint density at radius 2 is 2.29 bits per heavy atom. The van der Waals surface area contributed by atoms with Crippen LogP contribution < -0.4 is 0 Å². The molecule has 0 aliphatic heterocycles. The highest BCUT2D eigenvalue weighted by Crippen LogP contribution is 2.39. The van der Waals surface area contributed by atoms with Crippen LogP contribution >= 0.6 is 0 Å². The quantitative estimate of drug-likeness (QED) is 0.367. The normalized spacial score (nSPS) is 24.1. The van der Waals surface area contributed by atoms with E-state index in [2.05, 4.69) is 42.1 Å². The van der Waals surface area contributed by atoms with Gasteiger partial charge in [-0.25, -0.2) is 0 Å². The van der Waals surface area contributed by atoms with Crippen LogP contribution in [0, 0.1) is 12.8 Å². The van der Waals surface area contributed by atoms with Gasteiger partial charge in [-0.1, -0.05) is 35.8 Å². The van der Waals surface area contributed by atoms with Gasteiger partial charge in [0.25, 0.3) is 0 Å². The molecule has 0 spiro atoms. The minimum atomic E-state index is 0.0369. The molecule has 0 N–H and O–H groups in total. The van der Waals surface area contributed by atoms with Gasteiger partial charge in [0.15, 0.2) is 0 Å². The van der Waals surface area contributed by atoms with Crippen LogP contribution in [0.15, 0.2) is 23.3 Å². The van der Waals surface area contributed by atoms with E-state index in [0.717, 1.165) is 6.42 Å². The third-order valence-corrected chi connectivity index (χ3v) is 2.88. The number of azide groups is 1. The van der Waals surface area contributed by atoms with Gasteiger partial charge in [0.2, 0.25) is 0 Å². The Hall–Kier alpha value is -1.47. The maximum atomic E-state index is 8.50. The topological polar surface area (TPSA) is 48.8 Å². The second kappa shape index (κ2) is 3.35. The van der Waals surface area contributed by atoms with Crippen molar-refractivity contribution < 1.29 is 0 Å². The van der Waals surface area contributed by atoms with Crippen LogP contribution in [-0.4, -0.2) is 0 Å². The smallest absolute Gasteiger partial charge is 0.0656 e. The summed E-state index contributed by atoms with van der Waals surface area (Å²) in [6.45, 7) is 4.20. The van der Waals surface area contributed by atoms with Gasteiger partial charge in [-0.3, -0.25) is 0 Å². The summed E-state index contributed by atoms with van der Waals surface area (Å²) in [5, 5.41) is 3.87. The van der Waals surface area contributed by atoms with Gasteiger partial charge in [-0.2, -0.15) is 0 Å². The summed E-state index contributed by atoms with van der Waals surface area (Å²) in [6.07, 6.45) is 1.03. The van der Waals surface area contributed by atoms with E-state index in [0.29, 0.717) is 5.92 Å². The Labute approximate surface area is 83.4 Å². The molecule has 0 saturated heterocycles. The van der Waals surface area contributed by atoms with Gasteiger partial charge in [0.1, 0.15) is 0 Å². The van der Waals surface area contributed by atoms with Crippen molar-refractivity contribution >= 4 is 0 Å². The molecule has 2 rings (SSSR count). The summed E-state index contributed by atoms with van der Waals surface area (Å²) < 4.78 is 0. The number of rotatable bonds is 1. The van der Waals surface area contributed by atoms with Crippen LogP contribution in [0.4, 0.5) is 0 Å². The van der Waals surface area contributed by atoms with Gasteiger partial charge in [0.05, 0.1) is 6.04 Å². The number of hydrogen-bond donors (Lipinski definition) is 0. The van der Waals surface area contributed by atoms with Crippen molar-refractivity contribution in [3.8, 4) is 0 Å². The molecule has 14 heavy (non-hydrogen) atoms. The molecule has 0 heterocycles. The van der Waals surface area contributed by atoms with E-state index in [1.807, 2.05) is 0 Å². The van der Waals surface area contributed by atoms with Gasteiger partial charge in [-0.05, 0) is 35.9 Å². The van der Waals surface area contributed by atoms with Crippen molar-refractivity contribution in [3.05, 3.63) is 45.3 Å². The average molecular weight is 187 g/mol. The van der Waals surface area contributed by atoms with E-state index >= 15 is 0 Å². The van der Waals surface area contributed by atoms with Crippen LogP contribution in [-0.2, 0) is 6.42 Å². The van der Waals surface area contributed by atoms with Gasteiger partial charge < -0.3 is 0 Å². The third-order valence-electron chi connectivity index (χ3n) is 2.88. The van der Waals surface area contributed by atoms with E-state index in [1.54, 1.807) is 0 Å². The van der Waals surface area contributed by atoms with E-state index in [9.17, 15) is 0 Å². The summed E-state index contributed by atoms with van der Waals surface area (Å²) in [4.78, 5) is 2.92. The SMILES string of the molecule is Cc1ccc2c(c1)[C@H](N=[N+]=[N-])[C@@H](C)C2. The summed E-state index contributed by atoms with van der Waals surface area (Å²) in [6, 6.07) is 6.44. The van der Waals surface area contributed by atoms with Crippen molar-refractivity contribution in [1.82, 2.24) is 0 Å². The molecule has 72 valence electrons. The van der Waals surface area contributed by atoms with Crippen molar-refractivity contribution in [1.29, 1.82) is 0 Å². The monoisotopic (exact) mass is 187 g/mol. The Morgan fingerprint density at radius 1 is 1.50 bits per heavy atom. The van der Waals surface area contributed by atoms with Crippen molar-refractivity contribution in [2.24, 2.45) is 11.0 Å². The van der Waals surface area contributed by atoms with E-state index in [1.165, 1.54) is 16.7 Å². The van der Waals surface area contributed by atoms with Crippen molar-refractivity contribution in [2.45, 2.75) is 26.3 Å². The van der Waals surface area contributed by atoms with Crippen LogP contribution in [0.2, 0.25) is 0 Å². The minimum Gasteiger partial charge on any atom is -0.0856 e. The molecule has 0 bridgehead atoms. The maximum Gasteiger partial charge on any atom is 0.0656 e. The molecule has 2 atom stereocenters. The molecule has 3 heteroatoms. The zero-order valence-electron chi connectivity index (χ0n) is 8.44. The van der Waals surface area contributed by atoms with Crippen LogP contribution in [0.3, 0.4) is 0 Å². The third kappa shape index (κ3) is 1.36. The first-order valence-electron chi connectivity index (χ1n) is 4.86. The highest BCUT2D eigenvalue weighted by Gasteiger charge is 2.28. The Balaban J connectivity index is 2.49. The van der Waals surface area contributed by atoms with Crippen LogP contribution in [0.5, 0.6) is 0 Å². The average Bonchev–Trinajstić information content (AvgIpc) is 2.45. The van der Waals surface area contributed by atoms with Gasteiger partial charge in [-0.15, -0.1) is 0 Å². The first-order chi connectivity index (χ1) is 6.72. The Bertz CT molecular complexity index is 405. The number of fused-ring (bicyclic) bond motifs is 1. The molecule has 1 aromatic carbocycles. The summed E-state index contributed by atoms with van der Waals surface area (Å²) in [7, 11) is 0. The first-order valence-corrected chi connectivity index (χ1v) is 4.86. The zero-order chi connectivity index (χ0) is 10.1. The second-order valence-corrected chi connectivity index (χ2v) is 4.03. The first kappa shape index (κ1) is 9.10. The zero-order valence-corrected chi connectivity index (χ0v) is 8.44. The van der Waals surface area contributed by atoms with Crippen LogP contribution in [0.1, 0.15) is 29.7 Å². The number of hydrogen-bond acceptors (Lipinski definition) is 1. The molecule has 0 fully saturated rings. The maximum absolute atomic E-state index is 8.50. The molecule has 0 amide bonds. The lowest BCUT2D eigenvalue weighted by Crippen LogP contribution is -1.98. The second-order valence-electron chi connectivity index (χ2n) is 4.03. The molecule has 0 unspecified atom stereocenters. The standard InChI is InChI=1S/C11H13N3/c1-7-3-4-9-6-8(2)11(13-14-12)10(9)5-7/h3-5,8,11H,6H2,1-2H3/t8-,11+/m0/s1. The lowest BCUT2D eigenvalue weighted by molar-refractivity contribution is 0.511.